The minimum absolute atomic E-state index is 0.0875. The highest BCUT2D eigenvalue weighted by atomic mass is 16.5. The average molecular weight is 432 g/mol. The Kier molecular flexibility index (Phi) is 10.1. The predicted molar refractivity (Wildman–Crippen MR) is 119 cm³/mol. The molecular weight excluding hydrogens is 398 g/mol. The number of aromatic carboxylic acids is 1. The average Bonchev–Trinajstić information content (AvgIpc) is 2.82. The Morgan fingerprint density at radius 2 is 1.71 bits per heavy atom. The van der Waals surface area contributed by atoms with Crippen molar-refractivity contribution in [3.63, 3.8) is 0 Å². The van der Waals surface area contributed by atoms with E-state index in [1.54, 1.807) is 0 Å². The van der Waals surface area contributed by atoms with Crippen molar-refractivity contribution in [3.05, 3.63) is 53.6 Å². The van der Waals surface area contributed by atoms with E-state index >= 15 is 0 Å². The molecule has 7 nitrogen and oxygen atoms in total. The van der Waals surface area contributed by atoms with Crippen LogP contribution in [0.1, 0.15) is 28.8 Å². The standard InChI is InChI=1S/C14H21NO.C10H12O5/c16-12-14-7-4-9-15(11-14)10-8-13-5-2-1-3-6-13;1-13-7-4-6(10(11)12)5-8(14-2)9(7)15-3/h1-3,5-6,14,16H,4,7-12H2;4-5H,1-3H3,(H,11,12). The number of piperidine rings is 1. The minimum Gasteiger partial charge on any atom is -0.493 e. The molecule has 1 heterocycles. The summed E-state index contributed by atoms with van der Waals surface area (Å²) in [6.45, 7) is 3.75. The molecule has 31 heavy (non-hydrogen) atoms. The van der Waals surface area contributed by atoms with Gasteiger partial charge in [0.25, 0.3) is 0 Å². The van der Waals surface area contributed by atoms with E-state index in [1.165, 1.54) is 58.4 Å². The van der Waals surface area contributed by atoms with Crippen LogP contribution in [0.2, 0.25) is 0 Å². The molecule has 1 saturated heterocycles. The third-order valence-corrected chi connectivity index (χ3v) is 5.33. The molecule has 0 amide bonds. The fraction of sp³-hybridized carbons (Fsp3) is 0.458. The van der Waals surface area contributed by atoms with Gasteiger partial charge in [-0.2, -0.15) is 0 Å². The number of rotatable bonds is 8. The number of carboxylic acid groups (broad SMARTS) is 1. The molecule has 2 aromatic rings. The summed E-state index contributed by atoms with van der Waals surface area (Å²) >= 11 is 0. The van der Waals surface area contributed by atoms with Gasteiger partial charge < -0.3 is 29.3 Å². The van der Waals surface area contributed by atoms with Gasteiger partial charge in [-0.1, -0.05) is 30.3 Å². The Bertz CT molecular complexity index is 786. The summed E-state index contributed by atoms with van der Waals surface area (Å²) in [5.41, 5.74) is 1.50. The number of ether oxygens (including phenoxy) is 3. The summed E-state index contributed by atoms with van der Waals surface area (Å²) in [6, 6.07) is 13.4. The second kappa shape index (κ2) is 12.8. The van der Waals surface area contributed by atoms with E-state index in [0.29, 0.717) is 29.8 Å². The van der Waals surface area contributed by atoms with Gasteiger partial charge in [0.15, 0.2) is 11.5 Å². The van der Waals surface area contributed by atoms with Gasteiger partial charge in [0, 0.05) is 19.7 Å². The van der Waals surface area contributed by atoms with Crippen LogP contribution in [0.15, 0.2) is 42.5 Å². The molecule has 0 aliphatic carbocycles. The zero-order chi connectivity index (χ0) is 22.6. The van der Waals surface area contributed by atoms with Crippen molar-refractivity contribution in [3.8, 4) is 17.2 Å². The second-order valence-electron chi connectivity index (χ2n) is 7.45. The maximum Gasteiger partial charge on any atom is 0.335 e. The largest absolute Gasteiger partial charge is 0.493 e. The summed E-state index contributed by atoms with van der Waals surface area (Å²) in [5, 5.41) is 18.0. The van der Waals surface area contributed by atoms with Crippen molar-refractivity contribution < 1.29 is 29.2 Å². The number of benzene rings is 2. The number of nitrogens with zero attached hydrogens (tertiary/aromatic N) is 1. The van der Waals surface area contributed by atoms with E-state index < -0.39 is 5.97 Å². The van der Waals surface area contributed by atoms with Crippen molar-refractivity contribution in [2.75, 3.05) is 47.6 Å². The molecule has 0 aromatic heterocycles. The van der Waals surface area contributed by atoms with Crippen LogP contribution in [0.5, 0.6) is 17.2 Å². The lowest BCUT2D eigenvalue weighted by molar-refractivity contribution is 0.0696. The van der Waals surface area contributed by atoms with Crippen molar-refractivity contribution in [1.82, 2.24) is 4.90 Å². The number of hydrogen-bond acceptors (Lipinski definition) is 6. The molecule has 0 bridgehead atoms. The molecule has 0 saturated carbocycles. The molecule has 170 valence electrons. The van der Waals surface area contributed by atoms with Gasteiger partial charge in [-0.3, -0.25) is 0 Å². The van der Waals surface area contributed by atoms with Gasteiger partial charge in [0.2, 0.25) is 5.75 Å². The number of carboxylic acids is 1. The molecule has 0 spiro atoms. The number of methoxy groups -OCH3 is 3. The highest BCUT2D eigenvalue weighted by Crippen LogP contribution is 2.38. The summed E-state index contributed by atoms with van der Waals surface area (Å²) in [7, 11) is 4.33. The SMILES string of the molecule is COc1cc(C(=O)O)cc(OC)c1OC.OCC1CCCN(CCc2ccccc2)C1. The zero-order valence-electron chi connectivity index (χ0n) is 18.5. The van der Waals surface area contributed by atoms with Gasteiger partial charge in [-0.25, -0.2) is 4.79 Å². The van der Waals surface area contributed by atoms with Crippen LogP contribution < -0.4 is 14.2 Å². The van der Waals surface area contributed by atoms with Crippen LogP contribution >= 0.6 is 0 Å². The smallest absolute Gasteiger partial charge is 0.335 e. The van der Waals surface area contributed by atoms with Crippen molar-refractivity contribution in [2.24, 2.45) is 5.92 Å². The molecule has 1 aliphatic rings. The Balaban J connectivity index is 0.000000221. The lowest BCUT2D eigenvalue weighted by Gasteiger charge is -2.31. The van der Waals surface area contributed by atoms with E-state index in [1.807, 2.05) is 0 Å². The highest BCUT2D eigenvalue weighted by molar-refractivity contribution is 5.89. The fourth-order valence-electron chi connectivity index (χ4n) is 3.64. The third-order valence-electron chi connectivity index (χ3n) is 5.33. The number of carbonyl (C=O) groups is 1. The number of hydrogen-bond donors (Lipinski definition) is 2. The van der Waals surface area contributed by atoms with Gasteiger partial charge in [0.1, 0.15) is 0 Å². The maximum absolute atomic E-state index is 10.8. The first-order valence-corrected chi connectivity index (χ1v) is 10.4. The highest BCUT2D eigenvalue weighted by Gasteiger charge is 2.18. The Morgan fingerprint density at radius 3 is 2.23 bits per heavy atom. The summed E-state index contributed by atoms with van der Waals surface area (Å²) in [5.74, 6) is 0.493. The first kappa shape index (κ1) is 24.5. The molecule has 1 unspecified atom stereocenters. The Morgan fingerprint density at radius 1 is 1.06 bits per heavy atom. The first-order chi connectivity index (χ1) is 15.0. The van der Waals surface area contributed by atoms with Crippen LogP contribution in [0.4, 0.5) is 0 Å². The van der Waals surface area contributed by atoms with E-state index in [4.69, 9.17) is 24.4 Å². The second-order valence-corrected chi connectivity index (χ2v) is 7.45. The van der Waals surface area contributed by atoms with Crippen LogP contribution in [0, 0.1) is 5.92 Å². The van der Waals surface area contributed by atoms with Gasteiger partial charge in [-0.05, 0) is 49.4 Å². The molecule has 1 aliphatic heterocycles. The van der Waals surface area contributed by atoms with E-state index in [2.05, 4.69) is 35.2 Å². The molecule has 2 N–H and O–H groups in total. The Labute approximate surface area is 184 Å². The number of aliphatic hydroxyl groups excluding tert-OH is 1. The fourth-order valence-corrected chi connectivity index (χ4v) is 3.64. The molecule has 0 radical (unpaired) electrons. The van der Waals surface area contributed by atoms with E-state index in [-0.39, 0.29) is 5.56 Å². The quantitative estimate of drug-likeness (QED) is 0.663. The monoisotopic (exact) mass is 431 g/mol. The van der Waals surface area contributed by atoms with Gasteiger partial charge >= 0.3 is 5.97 Å². The van der Waals surface area contributed by atoms with Crippen LogP contribution in [0.3, 0.4) is 0 Å². The molecule has 1 atom stereocenters. The molecule has 3 rings (SSSR count). The van der Waals surface area contributed by atoms with Gasteiger partial charge in [0.05, 0.1) is 26.9 Å². The minimum atomic E-state index is -1.05. The summed E-state index contributed by atoms with van der Waals surface area (Å²) in [6.07, 6.45) is 3.55. The topological polar surface area (TPSA) is 88.5 Å². The number of likely N-dealkylation sites (tertiary alicyclic amines) is 1. The van der Waals surface area contributed by atoms with Crippen LogP contribution in [0.25, 0.3) is 0 Å². The molecule has 7 heteroatoms. The first-order valence-electron chi connectivity index (χ1n) is 10.4. The Hall–Kier alpha value is -2.77. The molecular formula is C24H33NO6. The van der Waals surface area contributed by atoms with Crippen molar-refractivity contribution >= 4 is 5.97 Å². The maximum atomic E-state index is 10.8. The summed E-state index contributed by atoms with van der Waals surface area (Å²) < 4.78 is 15.1. The molecule has 2 aromatic carbocycles. The van der Waals surface area contributed by atoms with Crippen molar-refractivity contribution in [1.29, 1.82) is 0 Å². The zero-order valence-corrected chi connectivity index (χ0v) is 18.5. The van der Waals surface area contributed by atoms with E-state index in [9.17, 15) is 4.79 Å². The van der Waals surface area contributed by atoms with E-state index in [0.717, 1.165) is 19.5 Å². The normalized spacial score (nSPS) is 16.1. The number of aliphatic hydroxyl groups is 1. The van der Waals surface area contributed by atoms with Crippen LogP contribution in [-0.2, 0) is 6.42 Å². The van der Waals surface area contributed by atoms with Crippen LogP contribution in [-0.4, -0.2) is 68.7 Å². The lowest BCUT2D eigenvalue weighted by Crippen LogP contribution is -2.37. The third kappa shape index (κ3) is 7.45. The summed E-state index contributed by atoms with van der Waals surface area (Å²) in [4.78, 5) is 13.3. The lowest BCUT2D eigenvalue weighted by atomic mass is 9.98. The molecule has 1 fully saturated rings. The predicted octanol–water partition coefficient (Wildman–Crippen LogP) is 3.34. The van der Waals surface area contributed by atoms with Crippen molar-refractivity contribution in [2.45, 2.75) is 19.3 Å². The van der Waals surface area contributed by atoms with Gasteiger partial charge in [-0.15, -0.1) is 0 Å².